The Hall–Kier alpha value is -2.88. The molecule has 3 rings (SSSR count). The number of anilines is 1. The van der Waals surface area contributed by atoms with E-state index in [1.165, 1.54) is 0 Å². The van der Waals surface area contributed by atoms with Crippen molar-refractivity contribution in [3.8, 4) is 0 Å². The number of aromatic nitrogens is 1. The Labute approximate surface area is 122 Å². The number of urea groups is 1. The minimum Gasteiger partial charge on any atom is -0.332 e. The zero-order valence-corrected chi connectivity index (χ0v) is 11.4. The predicted molar refractivity (Wildman–Crippen MR) is 84.0 cm³/mol. The Morgan fingerprint density at radius 2 is 1.71 bits per heavy atom. The van der Waals surface area contributed by atoms with Gasteiger partial charge in [0.25, 0.3) is 0 Å². The number of rotatable bonds is 3. The molecule has 0 aliphatic rings. The summed E-state index contributed by atoms with van der Waals surface area (Å²) in [6.45, 7) is 0.389. The molecule has 0 spiro atoms. The van der Waals surface area contributed by atoms with Crippen molar-refractivity contribution in [1.29, 1.82) is 0 Å². The normalized spacial score (nSPS) is 10.3. The van der Waals surface area contributed by atoms with E-state index in [0.29, 0.717) is 6.54 Å². The molecule has 21 heavy (non-hydrogen) atoms. The van der Waals surface area contributed by atoms with Crippen molar-refractivity contribution >= 4 is 22.5 Å². The third-order valence-corrected chi connectivity index (χ3v) is 3.20. The number of nitrogens with zero attached hydrogens (tertiary/aromatic N) is 1. The van der Waals surface area contributed by atoms with Gasteiger partial charge in [-0.1, -0.05) is 42.5 Å². The molecule has 0 radical (unpaired) electrons. The molecule has 2 N–H and O–H groups in total. The highest BCUT2D eigenvalue weighted by atomic mass is 16.2. The van der Waals surface area contributed by atoms with Gasteiger partial charge in [0.15, 0.2) is 0 Å². The Morgan fingerprint density at radius 3 is 2.57 bits per heavy atom. The number of pyridine rings is 1. The standard InChI is InChI=1S/C17H15N3O/c21-17(20-14-7-2-1-3-8-14)19-12-16-15-9-5-4-6-13(15)10-11-18-16/h1-11H,12H2,(H2,19,20,21). The van der Waals surface area contributed by atoms with Gasteiger partial charge in [0, 0.05) is 17.3 Å². The van der Waals surface area contributed by atoms with E-state index in [4.69, 9.17) is 0 Å². The molecule has 0 saturated carbocycles. The largest absolute Gasteiger partial charge is 0.332 e. The molecule has 0 saturated heterocycles. The first-order valence-electron chi connectivity index (χ1n) is 6.75. The van der Waals surface area contributed by atoms with Gasteiger partial charge in [-0.2, -0.15) is 0 Å². The lowest BCUT2D eigenvalue weighted by molar-refractivity contribution is 0.251. The quantitative estimate of drug-likeness (QED) is 0.769. The maximum atomic E-state index is 11.9. The summed E-state index contributed by atoms with van der Waals surface area (Å²) in [5.41, 5.74) is 1.62. The summed E-state index contributed by atoms with van der Waals surface area (Å²) < 4.78 is 0. The van der Waals surface area contributed by atoms with Crippen LogP contribution in [-0.2, 0) is 6.54 Å². The molecule has 0 fully saturated rings. The molecule has 1 aromatic heterocycles. The number of carbonyl (C=O) groups is 1. The number of amides is 2. The molecule has 0 aliphatic carbocycles. The third-order valence-electron chi connectivity index (χ3n) is 3.20. The van der Waals surface area contributed by atoms with Crippen LogP contribution in [0, 0.1) is 0 Å². The summed E-state index contributed by atoms with van der Waals surface area (Å²) in [5.74, 6) is 0. The third kappa shape index (κ3) is 3.17. The van der Waals surface area contributed by atoms with E-state index in [9.17, 15) is 4.79 Å². The Kier molecular flexibility index (Phi) is 3.78. The zero-order valence-electron chi connectivity index (χ0n) is 11.4. The number of hydrogen-bond acceptors (Lipinski definition) is 2. The van der Waals surface area contributed by atoms with Crippen LogP contribution in [0.15, 0.2) is 66.9 Å². The Morgan fingerprint density at radius 1 is 0.952 bits per heavy atom. The molecule has 0 unspecified atom stereocenters. The summed E-state index contributed by atoms with van der Waals surface area (Å²) in [5, 5.41) is 7.78. The zero-order chi connectivity index (χ0) is 14.5. The van der Waals surface area contributed by atoms with E-state index in [-0.39, 0.29) is 6.03 Å². The minimum absolute atomic E-state index is 0.240. The van der Waals surface area contributed by atoms with Crippen molar-refractivity contribution in [2.75, 3.05) is 5.32 Å². The van der Waals surface area contributed by atoms with Crippen LogP contribution in [-0.4, -0.2) is 11.0 Å². The Bertz CT molecular complexity index is 751. The fourth-order valence-electron chi connectivity index (χ4n) is 2.18. The summed E-state index contributed by atoms with van der Waals surface area (Å²) in [7, 11) is 0. The van der Waals surface area contributed by atoms with E-state index >= 15 is 0 Å². The molecule has 3 aromatic rings. The average Bonchev–Trinajstić information content (AvgIpc) is 2.54. The average molecular weight is 277 g/mol. The van der Waals surface area contributed by atoms with Gasteiger partial charge in [0.1, 0.15) is 0 Å². The van der Waals surface area contributed by atoms with Crippen LogP contribution in [0.25, 0.3) is 10.8 Å². The topological polar surface area (TPSA) is 54.0 Å². The number of nitrogens with one attached hydrogen (secondary N) is 2. The van der Waals surface area contributed by atoms with Crippen LogP contribution in [0.4, 0.5) is 10.5 Å². The SMILES string of the molecule is O=C(NCc1nccc2ccccc12)Nc1ccccc1. The Balaban J connectivity index is 1.68. The van der Waals surface area contributed by atoms with E-state index in [1.54, 1.807) is 6.20 Å². The fourth-order valence-corrected chi connectivity index (χ4v) is 2.18. The van der Waals surface area contributed by atoms with Gasteiger partial charge in [0.2, 0.25) is 0 Å². The minimum atomic E-state index is -0.240. The molecule has 0 atom stereocenters. The van der Waals surface area contributed by atoms with Gasteiger partial charge in [-0.05, 0) is 23.6 Å². The van der Waals surface area contributed by atoms with Gasteiger partial charge >= 0.3 is 6.03 Å². The van der Waals surface area contributed by atoms with Gasteiger partial charge < -0.3 is 10.6 Å². The second-order valence-electron chi connectivity index (χ2n) is 4.65. The lowest BCUT2D eigenvalue weighted by Crippen LogP contribution is -2.28. The molecule has 1 heterocycles. The molecule has 2 aromatic carbocycles. The van der Waals surface area contributed by atoms with Crippen LogP contribution < -0.4 is 10.6 Å². The number of carbonyl (C=O) groups excluding carboxylic acids is 1. The first kappa shape index (κ1) is 13.1. The van der Waals surface area contributed by atoms with E-state index in [1.807, 2.05) is 60.7 Å². The maximum Gasteiger partial charge on any atom is 0.319 e. The summed E-state index contributed by atoms with van der Waals surface area (Å²) in [6, 6.07) is 19.1. The monoisotopic (exact) mass is 277 g/mol. The molecule has 2 amide bonds. The van der Waals surface area contributed by atoms with E-state index in [2.05, 4.69) is 15.6 Å². The molecule has 0 aliphatic heterocycles. The van der Waals surface area contributed by atoms with Crippen LogP contribution in [0.2, 0.25) is 0 Å². The highest BCUT2D eigenvalue weighted by Gasteiger charge is 2.05. The molecule has 4 nitrogen and oxygen atoms in total. The first-order chi connectivity index (χ1) is 10.3. The van der Waals surface area contributed by atoms with Crippen LogP contribution in [0.5, 0.6) is 0 Å². The van der Waals surface area contributed by atoms with Gasteiger partial charge in [-0.15, -0.1) is 0 Å². The van der Waals surface area contributed by atoms with Crippen molar-refractivity contribution < 1.29 is 4.79 Å². The molecule has 4 heteroatoms. The molecular formula is C17H15N3O. The van der Waals surface area contributed by atoms with Gasteiger partial charge in [0.05, 0.1) is 12.2 Å². The summed E-state index contributed by atoms with van der Waals surface area (Å²) >= 11 is 0. The van der Waals surface area contributed by atoms with Crippen molar-refractivity contribution in [3.63, 3.8) is 0 Å². The maximum absolute atomic E-state index is 11.9. The highest BCUT2D eigenvalue weighted by molar-refractivity contribution is 5.90. The van der Waals surface area contributed by atoms with Crippen LogP contribution >= 0.6 is 0 Å². The summed E-state index contributed by atoms with van der Waals surface area (Å²) in [4.78, 5) is 16.2. The van der Waals surface area contributed by atoms with E-state index < -0.39 is 0 Å². The number of benzene rings is 2. The highest BCUT2D eigenvalue weighted by Crippen LogP contribution is 2.16. The number of fused-ring (bicyclic) bond motifs is 1. The van der Waals surface area contributed by atoms with Crippen LogP contribution in [0.3, 0.4) is 0 Å². The molecule has 0 bridgehead atoms. The lowest BCUT2D eigenvalue weighted by atomic mass is 10.1. The first-order valence-corrected chi connectivity index (χ1v) is 6.75. The fraction of sp³-hybridized carbons (Fsp3) is 0.0588. The van der Waals surface area contributed by atoms with Crippen molar-refractivity contribution in [2.24, 2.45) is 0 Å². The smallest absolute Gasteiger partial charge is 0.319 e. The van der Waals surface area contributed by atoms with E-state index in [0.717, 1.165) is 22.2 Å². The van der Waals surface area contributed by atoms with Crippen molar-refractivity contribution in [1.82, 2.24) is 10.3 Å². The van der Waals surface area contributed by atoms with Crippen molar-refractivity contribution in [2.45, 2.75) is 6.54 Å². The molecular weight excluding hydrogens is 262 g/mol. The predicted octanol–water partition coefficient (Wildman–Crippen LogP) is 3.56. The lowest BCUT2D eigenvalue weighted by Gasteiger charge is -2.09. The molecule has 104 valence electrons. The number of hydrogen-bond donors (Lipinski definition) is 2. The van der Waals surface area contributed by atoms with Gasteiger partial charge in [-0.25, -0.2) is 4.79 Å². The van der Waals surface area contributed by atoms with Crippen molar-refractivity contribution in [3.05, 3.63) is 72.6 Å². The van der Waals surface area contributed by atoms with Gasteiger partial charge in [-0.3, -0.25) is 4.98 Å². The second kappa shape index (κ2) is 6.05. The summed E-state index contributed by atoms with van der Waals surface area (Å²) in [6.07, 6.45) is 1.76. The second-order valence-corrected chi connectivity index (χ2v) is 4.65. The van der Waals surface area contributed by atoms with Crippen LogP contribution in [0.1, 0.15) is 5.69 Å². The number of para-hydroxylation sites is 1.